The Kier molecular flexibility index (Phi) is 2.76. The molecule has 3 aromatic rings. The average Bonchev–Trinajstić information content (AvgIpc) is 3.18. The maximum Gasteiger partial charge on any atom is 0.277 e. The van der Waals surface area contributed by atoms with Gasteiger partial charge in [0, 0.05) is 23.4 Å². The lowest BCUT2D eigenvalue weighted by atomic mass is 9.93. The minimum absolute atomic E-state index is 0.194. The van der Waals surface area contributed by atoms with Gasteiger partial charge in [-0.05, 0) is 31.4 Å². The minimum atomic E-state index is -0.194. The molecule has 1 fully saturated rings. The lowest BCUT2D eigenvalue weighted by molar-refractivity contribution is 0.101. The number of aliphatic imine (C=N–C) groups is 1. The highest BCUT2D eigenvalue weighted by Crippen LogP contribution is 2.28. The third kappa shape index (κ3) is 1.94. The lowest BCUT2D eigenvalue weighted by Crippen LogP contribution is -2.27. The zero-order valence-corrected chi connectivity index (χ0v) is 12.8. The van der Waals surface area contributed by atoms with Crippen LogP contribution in [0.2, 0.25) is 0 Å². The predicted octanol–water partition coefficient (Wildman–Crippen LogP) is 2.33. The van der Waals surface area contributed by atoms with Gasteiger partial charge in [-0.3, -0.25) is 4.79 Å². The van der Waals surface area contributed by atoms with Crippen molar-refractivity contribution in [1.82, 2.24) is 19.6 Å². The van der Waals surface area contributed by atoms with Gasteiger partial charge < -0.3 is 5.32 Å². The van der Waals surface area contributed by atoms with Gasteiger partial charge in [0.15, 0.2) is 11.5 Å². The summed E-state index contributed by atoms with van der Waals surface area (Å²) in [6, 6.07) is 6.10. The number of aromatic nitrogens is 4. The van der Waals surface area contributed by atoms with Gasteiger partial charge in [-0.1, -0.05) is 6.07 Å². The smallest absolute Gasteiger partial charge is 0.277 e. The van der Waals surface area contributed by atoms with Crippen molar-refractivity contribution in [2.75, 3.05) is 5.32 Å². The van der Waals surface area contributed by atoms with Crippen LogP contribution in [-0.4, -0.2) is 37.7 Å². The number of amides is 1. The molecule has 2 aliphatic rings. The van der Waals surface area contributed by atoms with Crippen LogP contribution >= 0.6 is 0 Å². The second-order valence-corrected chi connectivity index (χ2v) is 6.13. The molecular weight excluding hydrogens is 304 g/mol. The van der Waals surface area contributed by atoms with Crippen molar-refractivity contribution in [3.05, 3.63) is 41.9 Å². The first kappa shape index (κ1) is 13.4. The van der Waals surface area contributed by atoms with Crippen LogP contribution in [0.3, 0.4) is 0 Å². The van der Waals surface area contributed by atoms with Crippen LogP contribution in [0.4, 0.5) is 5.82 Å². The first-order valence-corrected chi connectivity index (χ1v) is 7.98. The Labute approximate surface area is 137 Å². The highest BCUT2D eigenvalue weighted by atomic mass is 16.1. The third-order valence-corrected chi connectivity index (χ3v) is 4.65. The molecule has 1 N–H and O–H groups in total. The Morgan fingerprint density at radius 1 is 1.21 bits per heavy atom. The van der Waals surface area contributed by atoms with Gasteiger partial charge in [-0.25, -0.2) is 19.5 Å². The lowest BCUT2D eigenvalue weighted by Gasteiger charge is -2.26. The maximum atomic E-state index is 11.6. The Morgan fingerprint density at radius 3 is 2.96 bits per heavy atom. The number of hydrogen-bond acceptors (Lipinski definition) is 5. The molecule has 0 radical (unpaired) electrons. The van der Waals surface area contributed by atoms with Gasteiger partial charge in [0.2, 0.25) is 0 Å². The molecule has 7 heteroatoms. The first-order chi connectivity index (χ1) is 11.8. The van der Waals surface area contributed by atoms with Crippen molar-refractivity contribution in [2.45, 2.75) is 25.3 Å². The normalized spacial score (nSPS) is 16.4. The number of nitrogens with one attached hydrogen (secondary N) is 1. The summed E-state index contributed by atoms with van der Waals surface area (Å²) in [6.07, 6.45) is 8.51. The van der Waals surface area contributed by atoms with E-state index < -0.39 is 0 Å². The van der Waals surface area contributed by atoms with E-state index in [1.807, 2.05) is 12.1 Å². The molecule has 1 aliphatic heterocycles. The van der Waals surface area contributed by atoms with Gasteiger partial charge in [0.25, 0.3) is 5.91 Å². The van der Waals surface area contributed by atoms with Crippen LogP contribution in [0, 0.1) is 0 Å². The number of nitrogens with zero attached hydrogens (tertiary/aromatic N) is 5. The molecule has 0 saturated heterocycles. The maximum absolute atomic E-state index is 11.6. The molecule has 0 bridgehead atoms. The number of carbonyl (C=O) groups excluding carboxylic acids is 1. The molecule has 1 amide bonds. The molecule has 118 valence electrons. The fourth-order valence-electron chi connectivity index (χ4n) is 3.08. The van der Waals surface area contributed by atoms with Crippen molar-refractivity contribution < 1.29 is 4.79 Å². The molecule has 7 nitrogen and oxygen atoms in total. The summed E-state index contributed by atoms with van der Waals surface area (Å²) in [7, 11) is 0. The van der Waals surface area contributed by atoms with E-state index in [1.165, 1.54) is 25.6 Å². The van der Waals surface area contributed by atoms with Crippen molar-refractivity contribution in [3.8, 4) is 11.3 Å². The van der Waals surface area contributed by atoms with Gasteiger partial charge in [-0.15, -0.1) is 0 Å². The molecule has 1 aliphatic carbocycles. The van der Waals surface area contributed by atoms with E-state index >= 15 is 0 Å². The van der Waals surface area contributed by atoms with Gasteiger partial charge in [0.05, 0.1) is 17.5 Å². The number of carbonyl (C=O) groups is 1. The van der Waals surface area contributed by atoms with E-state index in [9.17, 15) is 4.79 Å². The Bertz CT molecular complexity index is 1000. The van der Waals surface area contributed by atoms with Crippen molar-refractivity contribution in [1.29, 1.82) is 0 Å². The van der Waals surface area contributed by atoms with E-state index in [2.05, 4.69) is 25.4 Å². The summed E-state index contributed by atoms with van der Waals surface area (Å²) in [5.74, 6) is 0.569. The molecule has 5 rings (SSSR count). The van der Waals surface area contributed by atoms with Crippen molar-refractivity contribution in [2.24, 2.45) is 4.99 Å². The van der Waals surface area contributed by atoms with Crippen LogP contribution in [0.1, 0.15) is 35.2 Å². The minimum Gasteiger partial charge on any atom is -0.364 e. The molecule has 0 unspecified atom stereocenters. The fourth-order valence-corrected chi connectivity index (χ4v) is 3.08. The topological polar surface area (TPSA) is 84.5 Å². The predicted molar refractivity (Wildman–Crippen MR) is 89.4 cm³/mol. The number of anilines is 1. The summed E-state index contributed by atoms with van der Waals surface area (Å²) >= 11 is 0. The molecule has 24 heavy (non-hydrogen) atoms. The molecular formula is C17H14N6O. The van der Waals surface area contributed by atoms with E-state index in [0.717, 1.165) is 22.6 Å². The number of hydrogen-bond donors (Lipinski definition) is 1. The van der Waals surface area contributed by atoms with Crippen LogP contribution in [0.5, 0.6) is 0 Å². The van der Waals surface area contributed by atoms with Crippen LogP contribution in [-0.2, 0) is 0 Å². The Hall–Kier alpha value is -3.09. The second-order valence-electron chi connectivity index (χ2n) is 6.13. The van der Waals surface area contributed by atoms with Gasteiger partial charge in [0.1, 0.15) is 6.33 Å². The number of fused-ring (bicyclic) bond motifs is 2. The first-order valence-electron chi connectivity index (χ1n) is 7.98. The third-order valence-electron chi connectivity index (χ3n) is 4.65. The summed E-state index contributed by atoms with van der Waals surface area (Å²) in [4.78, 5) is 24.3. The summed E-state index contributed by atoms with van der Waals surface area (Å²) in [5, 5.41) is 7.77. The van der Waals surface area contributed by atoms with Crippen LogP contribution in [0.15, 0.2) is 35.7 Å². The highest BCUT2D eigenvalue weighted by Gasteiger charge is 2.21. The summed E-state index contributed by atoms with van der Waals surface area (Å²) in [6.45, 7) is 0. The van der Waals surface area contributed by atoms with Crippen molar-refractivity contribution >= 4 is 23.6 Å². The Balaban J connectivity index is 1.60. The van der Waals surface area contributed by atoms with Crippen molar-refractivity contribution in [3.63, 3.8) is 0 Å². The zero-order valence-electron chi connectivity index (χ0n) is 12.8. The van der Waals surface area contributed by atoms with E-state index in [4.69, 9.17) is 0 Å². The van der Waals surface area contributed by atoms with E-state index in [1.54, 1.807) is 23.0 Å². The molecule has 0 spiro atoms. The molecule has 3 heterocycles. The number of benzene rings is 1. The average molecular weight is 318 g/mol. The Morgan fingerprint density at radius 2 is 2.12 bits per heavy atom. The quantitative estimate of drug-likeness (QED) is 0.801. The molecule has 0 atom stereocenters. The number of rotatable bonds is 3. The molecule has 1 saturated carbocycles. The van der Waals surface area contributed by atoms with Gasteiger partial charge >= 0.3 is 0 Å². The summed E-state index contributed by atoms with van der Waals surface area (Å²) < 4.78 is 1.78. The van der Waals surface area contributed by atoms with Crippen LogP contribution < -0.4 is 5.32 Å². The fraction of sp³-hybridized carbons (Fsp3) is 0.235. The summed E-state index contributed by atoms with van der Waals surface area (Å²) in [5.41, 5.74) is 3.92. The van der Waals surface area contributed by atoms with E-state index in [-0.39, 0.29) is 5.91 Å². The SMILES string of the molecule is O=C1N=Cc2cc(-c3cnc(NC4CCC4)c4ncnn34)ccc21. The van der Waals surface area contributed by atoms with Crippen LogP contribution in [0.25, 0.3) is 16.9 Å². The van der Waals surface area contributed by atoms with Gasteiger partial charge in [-0.2, -0.15) is 5.10 Å². The molecule has 2 aromatic heterocycles. The molecule has 1 aromatic carbocycles. The highest BCUT2D eigenvalue weighted by molar-refractivity contribution is 6.13. The standard InChI is InChI=1S/C17H14N6O/c24-17-13-5-4-10(6-11(13)7-19-17)14-8-18-15(22-12-2-1-3-12)16-20-9-21-23(14)16/h4-9,12H,1-3H2,(H,18,22). The monoisotopic (exact) mass is 318 g/mol. The largest absolute Gasteiger partial charge is 0.364 e. The van der Waals surface area contributed by atoms with E-state index in [0.29, 0.717) is 17.3 Å². The second kappa shape index (κ2) is 4.95. The zero-order chi connectivity index (χ0) is 16.1.